The number of nitrogens with zero attached hydrogens (tertiary/aromatic N) is 1. The highest BCUT2D eigenvalue weighted by atomic mass is 14.6. The normalized spacial score (nSPS) is 10.2. The molecule has 66 valence electrons. The molecule has 0 aliphatic rings. The molecule has 0 aliphatic carbocycles. The maximum atomic E-state index is 8.64. The maximum absolute atomic E-state index is 8.64. The van der Waals surface area contributed by atoms with Crippen molar-refractivity contribution in [2.24, 2.45) is 5.73 Å². The number of benzene rings is 1. The highest BCUT2D eigenvalue weighted by Gasteiger charge is 1.96. The topological polar surface area (TPSA) is 75.8 Å². The monoisotopic (exact) mass is 173 g/mol. The number of hydrogen-bond acceptors (Lipinski definition) is 3. The third kappa shape index (κ3) is 2.32. The molecule has 0 atom stereocenters. The molecular weight excluding hydrogens is 162 g/mol. The lowest BCUT2D eigenvalue weighted by Gasteiger charge is -1.99. The minimum Gasteiger partial charge on any atom is -0.398 e. The van der Waals surface area contributed by atoms with E-state index in [-0.39, 0.29) is 0 Å². The van der Waals surface area contributed by atoms with Crippen molar-refractivity contribution in [3.63, 3.8) is 0 Å². The van der Waals surface area contributed by atoms with Gasteiger partial charge in [-0.05, 0) is 23.8 Å². The van der Waals surface area contributed by atoms with Gasteiger partial charge in [-0.15, -0.1) is 0 Å². The molecule has 1 aromatic carbocycles. The smallest absolute Gasteiger partial charge is 0.0991 e. The van der Waals surface area contributed by atoms with Crippen LogP contribution < -0.4 is 11.5 Å². The van der Waals surface area contributed by atoms with E-state index in [1.54, 1.807) is 24.3 Å². The van der Waals surface area contributed by atoms with Crippen molar-refractivity contribution in [3.05, 3.63) is 35.4 Å². The van der Waals surface area contributed by atoms with Crippen LogP contribution in [0.4, 0.5) is 5.69 Å². The maximum Gasteiger partial charge on any atom is 0.0991 e. The predicted molar refractivity (Wildman–Crippen MR) is 53.7 cm³/mol. The molecule has 0 bridgehead atoms. The lowest BCUT2D eigenvalue weighted by atomic mass is 10.1. The first kappa shape index (κ1) is 9.30. The summed E-state index contributed by atoms with van der Waals surface area (Å²) in [6, 6.07) is 7.19. The largest absolute Gasteiger partial charge is 0.398 e. The van der Waals surface area contributed by atoms with E-state index in [0.29, 0.717) is 17.8 Å². The Hall–Kier alpha value is -1.79. The van der Waals surface area contributed by atoms with Crippen molar-refractivity contribution >= 4 is 11.8 Å². The number of nitrogens with two attached hydrogens (primary N) is 2. The van der Waals surface area contributed by atoms with Gasteiger partial charge in [0.1, 0.15) is 0 Å². The molecule has 1 rings (SSSR count). The van der Waals surface area contributed by atoms with Crippen LogP contribution in [-0.4, -0.2) is 6.54 Å². The van der Waals surface area contributed by atoms with Gasteiger partial charge in [0.25, 0.3) is 0 Å². The Morgan fingerprint density at radius 1 is 1.46 bits per heavy atom. The number of rotatable bonds is 2. The van der Waals surface area contributed by atoms with Crippen molar-refractivity contribution in [2.45, 2.75) is 0 Å². The number of nitriles is 1. The first-order chi connectivity index (χ1) is 6.27. The SMILES string of the molecule is N#Cc1ccc(N)c(C=CCN)c1. The van der Waals surface area contributed by atoms with Crippen LogP contribution in [0.25, 0.3) is 6.08 Å². The van der Waals surface area contributed by atoms with E-state index in [4.69, 9.17) is 16.7 Å². The highest BCUT2D eigenvalue weighted by Crippen LogP contribution is 2.14. The van der Waals surface area contributed by atoms with Gasteiger partial charge in [-0.25, -0.2) is 0 Å². The standard InChI is InChI=1S/C10H11N3/c11-5-1-2-9-6-8(7-12)3-4-10(9)13/h1-4,6H,5,11,13H2. The van der Waals surface area contributed by atoms with Crippen LogP contribution in [0, 0.1) is 11.3 Å². The van der Waals surface area contributed by atoms with Crippen LogP contribution in [-0.2, 0) is 0 Å². The summed E-state index contributed by atoms with van der Waals surface area (Å²) in [5.41, 5.74) is 13.1. The Labute approximate surface area is 77.3 Å². The average molecular weight is 173 g/mol. The summed E-state index contributed by atoms with van der Waals surface area (Å²) in [6.07, 6.45) is 3.61. The molecule has 0 saturated heterocycles. The molecular formula is C10H11N3. The summed E-state index contributed by atoms with van der Waals surface area (Å²) in [7, 11) is 0. The van der Waals surface area contributed by atoms with E-state index < -0.39 is 0 Å². The van der Waals surface area contributed by atoms with Crippen LogP contribution in [0.1, 0.15) is 11.1 Å². The fraction of sp³-hybridized carbons (Fsp3) is 0.100. The van der Waals surface area contributed by atoms with E-state index in [1.807, 2.05) is 6.08 Å². The molecule has 0 radical (unpaired) electrons. The molecule has 0 spiro atoms. The lowest BCUT2D eigenvalue weighted by molar-refractivity contribution is 1.26. The molecule has 0 aliphatic heterocycles. The second kappa shape index (κ2) is 4.29. The average Bonchev–Trinajstić information content (AvgIpc) is 2.17. The fourth-order valence-corrected chi connectivity index (χ4v) is 0.984. The lowest BCUT2D eigenvalue weighted by Crippen LogP contribution is -1.94. The van der Waals surface area contributed by atoms with E-state index >= 15 is 0 Å². The zero-order valence-corrected chi connectivity index (χ0v) is 7.20. The first-order valence-corrected chi connectivity index (χ1v) is 3.94. The van der Waals surface area contributed by atoms with Gasteiger partial charge in [-0.1, -0.05) is 12.2 Å². The van der Waals surface area contributed by atoms with Crippen molar-refractivity contribution in [1.29, 1.82) is 5.26 Å². The van der Waals surface area contributed by atoms with Gasteiger partial charge in [0.2, 0.25) is 0 Å². The number of anilines is 1. The molecule has 0 amide bonds. The van der Waals surface area contributed by atoms with Gasteiger partial charge in [0, 0.05) is 12.2 Å². The second-order valence-corrected chi connectivity index (χ2v) is 2.59. The highest BCUT2D eigenvalue weighted by molar-refractivity contribution is 5.66. The van der Waals surface area contributed by atoms with Crippen molar-refractivity contribution in [2.75, 3.05) is 12.3 Å². The Bertz CT molecular complexity index is 361. The van der Waals surface area contributed by atoms with E-state index in [1.165, 1.54) is 0 Å². The summed E-state index contributed by atoms with van der Waals surface area (Å²) < 4.78 is 0. The summed E-state index contributed by atoms with van der Waals surface area (Å²) in [4.78, 5) is 0. The zero-order chi connectivity index (χ0) is 9.68. The third-order valence-electron chi connectivity index (χ3n) is 1.65. The Morgan fingerprint density at radius 3 is 2.85 bits per heavy atom. The van der Waals surface area contributed by atoms with E-state index in [0.717, 1.165) is 5.56 Å². The van der Waals surface area contributed by atoms with E-state index in [2.05, 4.69) is 6.07 Å². The first-order valence-electron chi connectivity index (χ1n) is 3.94. The molecule has 0 heterocycles. The molecule has 13 heavy (non-hydrogen) atoms. The minimum atomic E-state index is 0.468. The van der Waals surface area contributed by atoms with Crippen LogP contribution in [0.3, 0.4) is 0 Å². The molecule has 0 aromatic heterocycles. The summed E-state index contributed by atoms with van der Waals surface area (Å²) in [5.74, 6) is 0. The summed E-state index contributed by atoms with van der Waals surface area (Å²) in [6.45, 7) is 0.468. The quantitative estimate of drug-likeness (QED) is 0.658. The van der Waals surface area contributed by atoms with Crippen molar-refractivity contribution in [1.82, 2.24) is 0 Å². The van der Waals surface area contributed by atoms with Gasteiger partial charge >= 0.3 is 0 Å². The number of hydrogen-bond donors (Lipinski definition) is 2. The van der Waals surface area contributed by atoms with Gasteiger partial charge in [0.05, 0.1) is 11.6 Å². The number of nitrogen functional groups attached to an aromatic ring is 1. The molecule has 3 nitrogen and oxygen atoms in total. The van der Waals surface area contributed by atoms with E-state index in [9.17, 15) is 0 Å². The van der Waals surface area contributed by atoms with Gasteiger partial charge < -0.3 is 11.5 Å². The zero-order valence-electron chi connectivity index (χ0n) is 7.20. The summed E-state index contributed by atoms with van der Waals surface area (Å²) >= 11 is 0. The Kier molecular flexibility index (Phi) is 3.07. The van der Waals surface area contributed by atoms with Gasteiger partial charge in [0.15, 0.2) is 0 Å². The minimum absolute atomic E-state index is 0.468. The summed E-state index contributed by atoms with van der Waals surface area (Å²) in [5, 5.41) is 8.64. The molecule has 4 N–H and O–H groups in total. The van der Waals surface area contributed by atoms with Crippen LogP contribution in [0.5, 0.6) is 0 Å². The van der Waals surface area contributed by atoms with Crippen LogP contribution in [0.15, 0.2) is 24.3 Å². The molecule has 3 heteroatoms. The van der Waals surface area contributed by atoms with Crippen LogP contribution >= 0.6 is 0 Å². The Balaban J connectivity index is 3.06. The predicted octanol–water partition coefficient (Wildman–Crippen LogP) is 1.11. The molecule has 0 fully saturated rings. The van der Waals surface area contributed by atoms with Crippen LogP contribution in [0.2, 0.25) is 0 Å². The third-order valence-corrected chi connectivity index (χ3v) is 1.65. The Morgan fingerprint density at radius 2 is 2.23 bits per heavy atom. The molecule has 0 unspecified atom stereocenters. The molecule has 1 aromatic rings. The van der Waals surface area contributed by atoms with Gasteiger partial charge in [-0.3, -0.25) is 0 Å². The molecule has 0 saturated carbocycles. The van der Waals surface area contributed by atoms with Crippen molar-refractivity contribution in [3.8, 4) is 6.07 Å². The van der Waals surface area contributed by atoms with Crippen molar-refractivity contribution < 1.29 is 0 Å². The second-order valence-electron chi connectivity index (χ2n) is 2.59. The fourth-order valence-electron chi connectivity index (χ4n) is 0.984. The van der Waals surface area contributed by atoms with Gasteiger partial charge in [-0.2, -0.15) is 5.26 Å².